The number of nitrogens with one attached hydrogen (secondary N) is 2. The number of anilines is 2. The zero-order valence-corrected chi connectivity index (χ0v) is 16.5. The van der Waals surface area contributed by atoms with Crippen molar-refractivity contribution in [2.75, 3.05) is 16.6 Å². The number of carbonyl (C=O) groups is 1. The minimum Gasteiger partial charge on any atom is -0.369 e. The Morgan fingerprint density at radius 2 is 1.93 bits per heavy atom. The monoisotopic (exact) mass is 431 g/mol. The molecule has 0 fully saturated rings. The van der Waals surface area contributed by atoms with Gasteiger partial charge in [0.15, 0.2) is 11.6 Å². The molecule has 148 valence electrons. The van der Waals surface area contributed by atoms with Crippen molar-refractivity contribution in [3.05, 3.63) is 82.8 Å². The fourth-order valence-corrected chi connectivity index (χ4v) is 4.45. The molecule has 3 aromatic rings. The van der Waals surface area contributed by atoms with Gasteiger partial charge >= 0.3 is 0 Å². The lowest BCUT2D eigenvalue weighted by molar-refractivity contribution is 0.0962. The summed E-state index contributed by atoms with van der Waals surface area (Å²) in [7, 11) is -3.99. The molecule has 1 aliphatic heterocycles. The summed E-state index contributed by atoms with van der Waals surface area (Å²) in [6, 6.07) is 13.2. The van der Waals surface area contributed by atoms with Crippen LogP contribution in [0.1, 0.15) is 21.8 Å². The van der Waals surface area contributed by atoms with Crippen LogP contribution in [0.15, 0.2) is 65.7 Å². The molecule has 9 heteroatoms. The molecular weight excluding hydrogens is 417 g/mol. The largest absolute Gasteiger partial charge is 0.369 e. The number of benzene rings is 2. The van der Waals surface area contributed by atoms with Crippen LogP contribution in [0.5, 0.6) is 0 Å². The quantitative estimate of drug-likeness (QED) is 0.594. The summed E-state index contributed by atoms with van der Waals surface area (Å²) in [5.74, 6) is -1.57. The van der Waals surface area contributed by atoms with Crippen LogP contribution in [0.25, 0.3) is 0 Å². The molecular formula is C20H15ClFN3O3S. The molecule has 1 aliphatic rings. The molecule has 1 unspecified atom stereocenters. The predicted octanol–water partition coefficient (Wildman–Crippen LogP) is 4.07. The van der Waals surface area contributed by atoms with Gasteiger partial charge in [-0.05, 0) is 30.3 Å². The van der Waals surface area contributed by atoms with Crippen LogP contribution >= 0.6 is 11.6 Å². The summed E-state index contributed by atoms with van der Waals surface area (Å²) >= 11 is 5.97. The smallest absolute Gasteiger partial charge is 0.261 e. The van der Waals surface area contributed by atoms with E-state index in [1.165, 1.54) is 36.5 Å². The third-order valence-corrected chi connectivity index (χ3v) is 6.20. The van der Waals surface area contributed by atoms with Crippen LogP contribution in [0.2, 0.25) is 5.02 Å². The number of pyridine rings is 1. The molecule has 0 radical (unpaired) electrons. The van der Waals surface area contributed by atoms with Crippen molar-refractivity contribution in [2.45, 2.75) is 10.8 Å². The van der Waals surface area contributed by atoms with E-state index in [1.54, 1.807) is 24.3 Å². The summed E-state index contributed by atoms with van der Waals surface area (Å²) in [5, 5.41) is 3.37. The fourth-order valence-electron chi connectivity index (χ4n) is 3.20. The van der Waals surface area contributed by atoms with Gasteiger partial charge in [-0.15, -0.1) is 0 Å². The van der Waals surface area contributed by atoms with Crippen LogP contribution in [0, 0.1) is 5.82 Å². The summed E-state index contributed by atoms with van der Waals surface area (Å²) in [4.78, 5) is 17.1. The summed E-state index contributed by atoms with van der Waals surface area (Å²) in [5.41, 5.74) is 0.0742. The SMILES string of the molecule is O=C(c1cccc(NS(=O)(=O)c2ccccc2)c1F)C1CNc2ncc(Cl)cc21. The minimum absolute atomic E-state index is 0.00855. The Balaban J connectivity index is 1.66. The number of hydrogen-bond acceptors (Lipinski definition) is 5. The Kier molecular flexibility index (Phi) is 4.97. The number of halogens is 2. The van der Waals surface area contributed by atoms with Gasteiger partial charge in [0, 0.05) is 18.3 Å². The van der Waals surface area contributed by atoms with E-state index in [1.807, 2.05) is 0 Å². The predicted molar refractivity (Wildman–Crippen MR) is 108 cm³/mol. The van der Waals surface area contributed by atoms with E-state index in [0.717, 1.165) is 0 Å². The molecule has 0 amide bonds. The molecule has 1 atom stereocenters. The number of aromatic nitrogens is 1. The summed E-state index contributed by atoms with van der Waals surface area (Å²) in [6.45, 7) is 0.251. The van der Waals surface area contributed by atoms with Gasteiger partial charge in [-0.2, -0.15) is 0 Å². The molecule has 6 nitrogen and oxygen atoms in total. The van der Waals surface area contributed by atoms with Gasteiger partial charge in [-0.25, -0.2) is 17.8 Å². The zero-order chi connectivity index (χ0) is 20.6. The lowest BCUT2D eigenvalue weighted by Gasteiger charge is -2.13. The van der Waals surface area contributed by atoms with Crippen molar-refractivity contribution in [1.82, 2.24) is 4.98 Å². The second-order valence-electron chi connectivity index (χ2n) is 6.47. The highest BCUT2D eigenvalue weighted by atomic mass is 35.5. The first-order chi connectivity index (χ1) is 13.9. The van der Waals surface area contributed by atoms with Crippen molar-refractivity contribution in [2.24, 2.45) is 0 Å². The average Bonchev–Trinajstić information content (AvgIpc) is 3.12. The van der Waals surface area contributed by atoms with Crippen molar-refractivity contribution in [1.29, 1.82) is 0 Å². The number of fused-ring (bicyclic) bond motifs is 1. The van der Waals surface area contributed by atoms with Crippen LogP contribution in [-0.2, 0) is 10.0 Å². The summed E-state index contributed by atoms with van der Waals surface area (Å²) < 4.78 is 42.3. The van der Waals surface area contributed by atoms with Gasteiger partial charge in [-0.1, -0.05) is 35.9 Å². The maximum Gasteiger partial charge on any atom is 0.261 e. The second-order valence-corrected chi connectivity index (χ2v) is 8.59. The summed E-state index contributed by atoms with van der Waals surface area (Å²) in [6.07, 6.45) is 1.46. The number of carbonyl (C=O) groups excluding carboxylic acids is 1. The molecule has 2 N–H and O–H groups in total. The number of sulfonamides is 1. The van der Waals surface area contributed by atoms with Crippen molar-refractivity contribution >= 4 is 38.9 Å². The highest BCUT2D eigenvalue weighted by Gasteiger charge is 2.32. The lowest BCUT2D eigenvalue weighted by Crippen LogP contribution is -2.18. The van der Waals surface area contributed by atoms with Gasteiger partial charge < -0.3 is 5.32 Å². The zero-order valence-electron chi connectivity index (χ0n) is 14.9. The van der Waals surface area contributed by atoms with E-state index in [2.05, 4.69) is 15.0 Å². The Bertz CT molecular complexity index is 1200. The van der Waals surface area contributed by atoms with Gasteiger partial charge in [0.05, 0.1) is 27.1 Å². The number of nitrogens with zero attached hydrogens (tertiary/aromatic N) is 1. The molecule has 29 heavy (non-hydrogen) atoms. The van der Waals surface area contributed by atoms with Gasteiger partial charge in [-0.3, -0.25) is 9.52 Å². The van der Waals surface area contributed by atoms with E-state index in [0.29, 0.717) is 16.4 Å². The molecule has 0 aliphatic carbocycles. The highest BCUT2D eigenvalue weighted by Crippen LogP contribution is 2.35. The molecule has 0 saturated carbocycles. The van der Waals surface area contributed by atoms with Crippen molar-refractivity contribution < 1.29 is 17.6 Å². The number of Topliss-reactive ketones (excluding diaryl/α,β-unsaturated/α-hetero) is 1. The Morgan fingerprint density at radius 1 is 1.17 bits per heavy atom. The van der Waals surface area contributed by atoms with Crippen molar-refractivity contribution in [3.8, 4) is 0 Å². The normalized spacial score (nSPS) is 15.4. The van der Waals surface area contributed by atoms with Crippen molar-refractivity contribution in [3.63, 3.8) is 0 Å². The first kappa shape index (κ1) is 19.4. The first-order valence-electron chi connectivity index (χ1n) is 8.67. The number of rotatable bonds is 5. The number of hydrogen-bond donors (Lipinski definition) is 2. The Hall–Kier alpha value is -2.97. The molecule has 0 saturated heterocycles. The van der Waals surface area contributed by atoms with Gasteiger partial charge in [0.25, 0.3) is 10.0 Å². The molecule has 1 aromatic heterocycles. The lowest BCUT2D eigenvalue weighted by atomic mass is 9.93. The topological polar surface area (TPSA) is 88.2 Å². The molecule has 4 rings (SSSR count). The number of ketones is 1. The molecule has 0 bridgehead atoms. The van der Waals surface area contributed by atoms with E-state index < -0.39 is 27.5 Å². The van der Waals surface area contributed by atoms with E-state index >= 15 is 4.39 Å². The fraction of sp³-hybridized carbons (Fsp3) is 0.100. The maximum absolute atomic E-state index is 15.1. The van der Waals surface area contributed by atoms with E-state index in [9.17, 15) is 13.2 Å². The van der Waals surface area contributed by atoms with Gasteiger partial charge in [0.1, 0.15) is 5.82 Å². The molecule has 2 heterocycles. The minimum atomic E-state index is -3.99. The standard InChI is InChI=1S/C20H15ClFN3O3S/c21-12-9-15-16(11-24-20(15)23-10-12)19(26)14-7-4-8-17(18(14)22)25-29(27,28)13-5-2-1-3-6-13/h1-10,16,25H,11H2,(H,23,24). The second kappa shape index (κ2) is 7.46. The highest BCUT2D eigenvalue weighted by molar-refractivity contribution is 7.92. The molecule has 2 aromatic carbocycles. The van der Waals surface area contributed by atoms with Gasteiger partial charge in [0.2, 0.25) is 0 Å². The Morgan fingerprint density at radius 3 is 2.69 bits per heavy atom. The molecule has 0 spiro atoms. The van der Waals surface area contributed by atoms with Crippen LogP contribution < -0.4 is 10.0 Å². The van der Waals surface area contributed by atoms with E-state index in [-0.39, 0.29) is 22.7 Å². The van der Waals surface area contributed by atoms with E-state index in [4.69, 9.17) is 11.6 Å². The first-order valence-corrected chi connectivity index (χ1v) is 10.5. The Labute approximate surface area is 171 Å². The van der Waals surface area contributed by atoms with Crippen LogP contribution in [0.3, 0.4) is 0 Å². The third kappa shape index (κ3) is 3.68. The average molecular weight is 432 g/mol. The third-order valence-electron chi connectivity index (χ3n) is 4.61. The maximum atomic E-state index is 15.1. The van der Waals surface area contributed by atoms with Crippen LogP contribution in [-0.4, -0.2) is 25.7 Å². The van der Waals surface area contributed by atoms with Crippen LogP contribution in [0.4, 0.5) is 15.9 Å².